The van der Waals surface area contributed by atoms with Crippen LogP contribution in [-0.4, -0.2) is 12.4 Å². The van der Waals surface area contributed by atoms with Gasteiger partial charge in [-0.2, -0.15) is 0 Å². The van der Waals surface area contributed by atoms with Crippen molar-refractivity contribution in [3.8, 4) is 5.75 Å². The summed E-state index contributed by atoms with van der Waals surface area (Å²) in [6.45, 7) is 2.16. The molecule has 0 aliphatic rings. The fourth-order valence-corrected chi connectivity index (χ4v) is 2.07. The van der Waals surface area contributed by atoms with Gasteiger partial charge in [0.25, 0.3) is 0 Å². The lowest BCUT2D eigenvalue weighted by atomic mass is 10.0. The number of hydrogen-bond donors (Lipinski definition) is 1. The van der Waals surface area contributed by atoms with Crippen LogP contribution in [0.1, 0.15) is 44.6 Å². The van der Waals surface area contributed by atoms with E-state index >= 15 is 0 Å². The van der Waals surface area contributed by atoms with Crippen molar-refractivity contribution in [1.29, 1.82) is 0 Å². The first kappa shape index (κ1) is 16.8. The molecule has 0 radical (unpaired) electrons. The predicted octanol–water partition coefficient (Wildman–Crippen LogP) is 4.43. The highest BCUT2D eigenvalue weighted by atomic mass is 19.4. The average molecular weight is 289 g/mol. The Labute approximate surface area is 118 Å². The van der Waals surface area contributed by atoms with E-state index in [0.717, 1.165) is 18.4 Å². The first-order valence-electron chi connectivity index (χ1n) is 7.01. The van der Waals surface area contributed by atoms with Crippen LogP contribution in [-0.2, 0) is 6.42 Å². The molecule has 0 amide bonds. The summed E-state index contributed by atoms with van der Waals surface area (Å²) in [5.74, 6) is -0.197. The van der Waals surface area contributed by atoms with Crippen LogP contribution < -0.4 is 10.5 Å². The van der Waals surface area contributed by atoms with Gasteiger partial charge >= 0.3 is 6.36 Å². The summed E-state index contributed by atoms with van der Waals surface area (Å²) in [7, 11) is 0. The molecule has 0 aliphatic carbocycles. The molecular formula is C15H22F3NO. The van der Waals surface area contributed by atoms with Gasteiger partial charge in [-0.3, -0.25) is 0 Å². The molecule has 0 heterocycles. The van der Waals surface area contributed by atoms with E-state index in [2.05, 4.69) is 11.7 Å². The van der Waals surface area contributed by atoms with E-state index < -0.39 is 6.36 Å². The first-order valence-corrected chi connectivity index (χ1v) is 7.01. The minimum absolute atomic E-state index is 0.0567. The molecule has 0 bridgehead atoms. The maximum absolute atomic E-state index is 12.0. The van der Waals surface area contributed by atoms with Gasteiger partial charge in [-0.25, -0.2) is 0 Å². The van der Waals surface area contributed by atoms with Gasteiger partial charge in [-0.05, 0) is 30.5 Å². The highest BCUT2D eigenvalue weighted by molar-refractivity contribution is 5.27. The summed E-state index contributed by atoms with van der Waals surface area (Å²) >= 11 is 0. The fraction of sp³-hybridized carbons (Fsp3) is 0.600. The van der Waals surface area contributed by atoms with Crippen molar-refractivity contribution in [3.63, 3.8) is 0 Å². The van der Waals surface area contributed by atoms with Crippen LogP contribution in [0.5, 0.6) is 5.75 Å². The molecule has 0 aliphatic heterocycles. The highest BCUT2D eigenvalue weighted by Gasteiger charge is 2.30. The van der Waals surface area contributed by atoms with Gasteiger partial charge in [-0.1, -0.05) is 44.7 Å². The SMILES string of the molecule is CCCCCCC(N)Cc1ccc(OC(F)(F)F)cc1. The number of halogens is 3. The summed E-state index contributed by atoms with van der Waals surface area (Å²) in [6, 6.07) is 5.97. The van der Waals surface area contributed by atoms with Crippen molar-refractivity contribution in [2.45, 2.75) is 57.9 Å². The molecule has 1 aromatic carbocycles. The zero-order valence-corrected chi connectivity index (χ0v) is 11.7. The van der Waals surface area contributed by atoms with Crippen LogP contribution in [0.25, 0.3) is 0 Å². The van der Waals surface area contributed by atoms with Crippen LogP contribution in [0.4, 0.5) is 13.2 Å². The lowest BCUT2D eigenvalue weighted by molar-refractivity contribution is -0.274. The number of alkyl halides is 3. The summed E-state index contributed by atoms with van der Waals surface area (Å²) in [4.78, 5) is 0. The van der Waals surface area contributed by atoms with Gasteiger partial charge in [0.1, 0.15) is 5.75 Å². The molecule has 114 valence electrons. The minimum atomic E-state index is -4.64. The van der Waals surface area contributed by atoms with E-state index in [9.17, 15) is 13.2 Å². The van der Waals surface area contributed by atoms with Gasteiger partial charge in [0.15, 0.2) is 0 Å². The zero-order chi connectivity index (χ0) is 15.0. The smallest absolute Gasteiger partial charge is 0.406 e. The summed E-state index contributed by atoms with van der Waals surface area (Å²) in [5, 5.41) is 0. The Kier molecular flexibility index (Phi) is 6.85. The molecule has 2 nitrogen and oxygen atoms in total. The molecule has 0 fully saturated rings. The number of hydrogen-bond acceptors (Lipinski definition) is 2. The van der Waals surface area contributed by atoms with Crippen molar-refractivity contribution >= 4 is 0 Å². The van der Waals surface area contributed by atoms with Crippen molar-refractivity contribution in [2.24, 2.45) is 5.73 Å². The molecular weight excluding hydrogens is 267 g/mol. The molecule has 5 heteroatoms. The maximum atomic E-state index is 12.0. The molecule has 1 aromatic rings. The first-order chi connectivity index (χ1) is 9.40. The standard InChI is InChI=1S/C15H22F3NO/c1-2-3-4-5-6-13(19)11-12-7-9-14(10-8-12)20-15(16,17)18/h7-10,13H,2-6,11,19H2,1H3. The highest BCUT2D eigenvalue weighted by Crippen LogP contribution is 2.23. The van der Waals surface area contributed by atoms with Crippen molar-refractivity contribution in [3.05, 3.63) is 29.8 Å². The van der Waals surface area contributed by atoms with Crippen LogP contribution in [0.15, 0.2) is 24.3 Å². The van der Waals surface area contributed by atoms with E-state index in [1.165, 1.54) is 31.4 Å². The van der Waals surface area contributed by atoms with E-state index in [1.54, 1.807) is 12.1 Å². The molecule has 0 saturated heterocycles. The third-order valence-corrected chi connectivity index (χ3v) is 3.08. The number of rotatable bonds is 8. The van der Waals surface area contributed by atoms with Crippen LogP contribution in [0, 0.1) is 0 Å². The molecule has 0 saturated carbocycles. The third-order valence-electron chi connectivity index (χ3n) is 3.08. The van der Waals surface area contributed by atoms with Gasteiger partial charge in [-0.15, -0.1) is 13.2 Å². The Hall–Kier alpha value is -1.23. The van der Waals surface area contributed by atoms with Gasteiger partial charge in [0, 0.05) is 6.04 Å². The maximum Gasteiger partial charge on any atom is 0.573 e. The normalized spacial score (nSPS) is 13.2. The van der Waals surface area contributed by atoms with E-state index in [-0.39, 0.29) is 11.8 Å². The largest absolute Gasteiger partial charge is 0.573 e. The lowest BCUT2D eigenvalue weighted by Gasteiger charge is -2.13. The quantitative estimate of drug-likeness (QED) is 0.719. The van der Waals surface area contributed by atoms with Crippen LogP contribution >= 0.6 is 0 Å². The molecule has 1 unspecified atom stereocenters. The Balaban J connectivity index is 2.37. The van der Waals surface area contributed by atoms with Crippen molar-refractivity contribution < 1.29 is 17.9 Å². The monoisotopic (exact) mass is 289 g/mol. The number of ether oxygens (including phenoxy) is 1. The Bertz CT molecular complexity index is 376. The predicted molar refractivity (Wildman–Crippen MR) is 73.6 cm³/mol. The van der Waals surface area contributed by atoms with Gasteiger partial charge < -0.3 is 10.5 Å². The molecule has 0 spiro atoms. The molecule has 1 atom stereocenters. The summed E-state index contributed by atoms with van der Waals surface area (Å²) in [5.41, 5.74) is 6.95. The topological polar surface area (TPSA) is 35.2 Å². The number of benzene rings is 1. The zero-order valence-electron chi connectivity index (χ0n) is 11.7. The fourth-order valence-electron chi connectivity index (χ4n) is 2.07. The van der Waals surface area contributed by atoms with Crippen molar-refractivity contribution in [1.82, 2.24) is 0 Å². The Morgan fingerprint density at radius 3 is 2.30 bits per heavy atom. The lowest BCUT2D eigenvalue weighted by Crippen LogP contribution is -2.22. The Morgan fingerprint density at radius 1 is 1.10 bits per heavy atom. The summed E-state index contributed by atoms with van der Waals surface area (Å²) in [6.07, 6.45) is 1.68. The second kappa shape index (κ2) is 8.15. The van der Waals surface area contributed by atoms with Gasteiger partial charge in [0.2, 0.25) is 0 Å². The second-order valence-corrected chi connectivity index (χ2v) is 5.01. The average Bonchev–Trinajstić information content (AvgIpc) is 2.35. The number of unbranched alkanes of at least 4 members (excludes halogenated alkanes) is 3. The number of nitrogens with two attached hydrogens (primary N) is 1. The van der Waals surface area contributed by atoms with Gasteiger partial charge in [0.05, 0.1) is 0 Å². The third kappa shape index (κ3) is 7.38. The van der Waals surface area contributed by atoms with Crippen LogP contribution in [0.2, 0.25) is 0 Å². The summed E-state index contributed by atoms with van der Waals surface area (Å²) < 4.78 is 39.9. The molecule has 2 N–H and O–H groups in total. The van der Waals surface area contributed by atoms with E-state index in [0.29, 0.717) is 6.42 Å². The van der Waals surface area contributed by atoms with E-state index in [4.69, 9.17) is 5.73 Å². The Morgan fingerprint density at radius 2 is 1.75 bits per heavy atom. The van der Waals surface area contributed by atoms with E-state index in [1.807, 2.05) is 0 Å². The molecule has 0 aromatic heterocycles. The minimum Gasteiger partial charge on any atom is -0.406 e. The second-order valence-electron chi connectivity index (χ2n) is 5.01. The van der Waals surface area contributed by atoms with Crippen LogP contribution in [0.3, 0.4) is 0 Å². The molecule has 1 rings (SSSR count). The van der Waals surface area contributed by atoms with Crippen molar-refractivity contribution in [2.75, 3.05) is 0 Å². The molecule has 20 heavy (non-hydrogen) atoms.